The molecular weight excluding hydrogens is 236 g/mol. The van der Waals surface area contributed by atoms with Crippen LogP contribution in [0.4, 0.5) is 0 Å². The van der Waals surface area contributed by atoms with Gasteiger partial charge in [0.05, 0.1) is 6.04 Å². The number of carbonyl (C=O) groups excluding carboxylic acids is 1. The number of rotatable bonds is 4. The van der Waals surface area contributed by atoms with Gasteiger partial charge in [-0.3, -0.25) is 4.79 Å². The second-order valence-corrected chi connectivity index (χ2v) is 5.84. The third kappa shape index (κ3) is 2.39. The molecule has 1 aromatic carbocycles. The Bertz CT molecular complexity index is 481. The van der Waals surface area contributed by atoms with E-state index in [4.69, 9.17) is 5.73 Å². The van der Waals surface area contributed by atoms with E-state index in [-0.39, 0.29) is 18.0 Å². The molecule has 1 aliphatic carbocycles. The van der Waals surface area contributed by atoms with Crippen LogP contribution in [0.1, 0.15) is 55.7 Å². The Balaban J connectivity index is 1.89. The maximum absolute atomic E-state index is 12.0. The van der Waals surface area contributed by atoms with Crippen LogP contribution < -0.4 is 5.73 Å². The third-order valence-corrected chi connectivity index (χ3v) is 4.24. The van der Waals surface area contributed by atoms with Crippen molar-refractivity contribution in [2.75, 3.05) is 6.54 Å². The Morgan fingerprint density at radius 1 is 1.32 bits per heavy atom. The van der Waals surface area contributed by atoms with Crippen molar-refractivity contribution in [1.82, 2.24) is 4.90 Å². The number of benzene rings is 1. The molecule has 1 aromatic rings. The lowest BCUT2D eigenvalue weighted by atomic mass is 9.97. The number of carbonyl (C=O) groups is 1. The summed E-state index contributed by atoms with van der Waals surface area (Å²) < 4.78 is 0. The van der Waals surface area contributed by atoms with Crippen LogP contribution in [0.15, 0.2) is 24.3 Å². The second-order valence-electron chi connectivity index (χ2n) is 5.84. The normalized spacial score (nSPS) is 27.1. The van der Waals surface area contributed by atoms with E-state index in [1.807, 2.05) is 4.90 Å². The molecule has 2 aliphatic rings. The summed E-state index contributed by atoms with van der Waals surface area (Å²) in [4.78, 5) is 14.0. The molecular formula is C16H22N2O. The predicted octanol–water partition coefficient (Wildman–Crippen LogP) is 2.57. The number of nitrogens with two attached hydrogens (primary N) is 1. The summed E-state index contributed by atoms with van der Waals surface area (Å²) in [5.74, 6) is 0.948. The topological polar surface area (TPSA) is 46.3 Å². The molecule has 2 fully saturated rings. The lowest BCUT2D eigenvalue weighted by Gasteiger charge is -2.27. The van der Waals surface area contributed by atoms with E-state index in [1.54, 1.807) is 0 Å². The first-order valence-electron chi connectivity index (χ1n) is 7.35. The van der Waals surface area contributed by atoms with E-state index in [0.29, 0.717) is 6.42 Å². The van der Waals surface area contributed by atoms with Crippen molar-refractivity contribution in [3.63, 3.8) is 0 Å². The van der Waals surface area contributed by atoms with Crippen molar-refractivity contribution in [3.8, 4) is 0 Å². The fraction of sp³-hybridized carbons (Fsp3) is 0.562. The highest BCUT2D eigenvalue weighted by Crippen LogP contribution is 2.41. The van der Waals surface area contributed by atoms with Crippen LogP contribution in [0.2, 0.25) is 0 Å². The predicted molar refractivity (Wildman–Crippen MR) is 75.8 cm³/mol. The van der Waals surface area contributed by atoms with Crippen LogP contribution in [-0.4, -0.2) is 23.4 Å². The minimum absolute atomic E-state index is 0.0616. The monoisotopic (exact) mass is 258 g/mol. The molecule has 102 valence electrons. The van der Waals surface area contributed by atoms with Crippen LogP contribution in [-0.2, 0) is 4.79 Å². The van der Waals surface area contributed by atoms with Gasteiger partial charge in [0.25, 0.3) is 0 Å². The van der Waals surface area contributed by atoms with E-state index in [2.05, 4.69) is 31.2 Å². The highest BCUT2D eigenvalue weighted by atomic mass is 16.2. The van der Waals surface area contributed by atoms with Crippen molar-refractivity contribution in [2.24, 2.45) is 5.73 Å². The summed E-state index contributed by atoms with van der Waals surface area (Å²) in [5, 5.41) is 0. The van der Waals surface area contributed by atoms with Crippen LogP contribution in [0, 0.1) is 0 Å². The zero-order valence-corrected chi connectivity index (χ0v) is 11.5. The first kappa shape index (κ1) is 12.7. The number of likely N-dealkylation sites (tertiary alicyclic amines) is 1. The van der Waals surface area contributed by atoms with Crippen LogP contribution in [0.25, 0.3) is 0 Å². The zero-order valence-electron chi connectivity index (χ0n) is 11.5. The van der Waals surface area contributed by atoms with Gasteiger partial charge in [-0.25, -0.2) is 0 Å². The van der Waals surface area contributed by atoms with Crippen molar-refractivity contribution in [2.45, 2.75) is 50.6 Å². The summed E-state index contributed by atoms with van der Waals surface area (Å²) in [6.45, 7) is 2.92. The van der Waals surface area contributed by atoms with Crippen LogP contribution in [0.5, 0.6) is 0 Å². The summed E-state index contributed by atoms with van der Waals surface area (Å²) in [6, 6.07) is 8.72. The average Bonchev–Trinajstić information content (AvgIpc) is 3.19. The van der Waals surface area contributed by atoms with Crippen molar-refractivity contribution >= 4 is 5.91 Å². The summed E-state index contributed by atoms with van der Waals surface area (Å²) in [7, 11) is 0. The van der Waals surface area contributed by atoms with Gasteiger partial charge in [0, 0.05) is 19.0 Å². The van der Waals surface area contributed by atoms with Gasteiger partial charge in [-0.1, -0.05) is 31.2 Å². The van der Waals surface area contributed by atoms with E-state index in [0.717, 1.165) is 18.9 Å². The molecule has 1 amide bonds. The van der Waals surface area contributed by atoms with Gasteiger partial charge in [0.15, 0.2) is 0 Å². The first-order valence-corrected chi connectivity index (χ1v) is 7.35. The molecule has 3 nitrogen and oxygen atoms in total. The number of hydrogen-bond acceptors (Lipinski definition) is 2. The quantitative estimate of drug-likeness (QED) is 0.902. The highest BCUT2D eigenvalue weighted by Gasteiger charge is 2.38. The van der Waals surface area contributed by atoms with Crippen molar-refractivity contribution in [1.29, 1.82) is 0 Å². The highest BCUT2D eigenvalue weighted by molar-refractivity contribution is 5.80. The average molecular weight is 258 g/mol. The van der Waals surface area contributed by atoms with E-state index in [1.165, 1.54) is 24.0 Å². The largest absolute Gasteiger partial charge is 0.334 e. The molecule has 3 heteroatoms. The van der Waals surface area contributed by atoms with Gasteiger partial charge in [0.1, 0.15) is 0 Å². The maximum atomic E-state index is 12.0. The fourth-order valence-corrected chi connectivity index (χ4v) is 3.16. The molecule has 19 heavy (non-hydrogen) atoms. The standard InChI is InChI=1S/C16H22N2O/c1-2-8-18-15(19)10-14(17)16(18)13-5-3-4-12(9-13)11-6-7-11/h3-5,9,11,14,16H,2,6-8,10,17H2,1H3. The lowest BCUT2D eigenvalue weighted by molar-refractivity contribution is -0.129. The smallest absolute Gasteiger partial charge is 0.224 e. The first-order chi connectivity index (χ1) is 9.20. The Hall–Kier alpha value is -1.35. The summed E-state index contributed by atoms with van der Waals surface area (Å²) in [6.07, 6.45) is 4.07. The lowest BCUT2D eigenvalue weighted by Crippen LogP contribution is -2.33. The summed E-state index contributed by atoms with van der Waals surface area (Å²) >= 11 is 0. The van der Waals surface area contributed by atoms with E-state index in [9.17, 15) is 4.79 Å². The molecule has 1 aliphatic heterocycles. The second kappa shape index (κ2) is 4.97. The van der Waals surface area contributed by atoms with Gasteiger partial charge in [-0.05, 0) is 36.3 Å². The van der Waals surface area contributed by atoms with E-state index < -0.39 is 0 Å². The Labute approximate surface area is 114 Å². The van der Waals surface area contributed by atoms with Gasteiger partial charge in [0.2, 0.25) is 5.91 Å². The third-order valence-electron chi connectivity index (χ3n) is 4.24. The molecule has 2 N–H and O–H groups in total. The van der Waals surface area contributed by atoms with Crippen molar-refractivity contribution in [3.05, 3.63) is 35.4 Å². The number of nitrogens with zero attached hydrogens (tertiary/aromatic N) is 1. The fourth-order valence-electron chi connectivity index (χ4n) is 3.16. The van der Waals surface area contributed by atoms with Gasteiger partial charge in [-0.2, -0.15) is 0 Å². The van der Waals surface area contributed by atoms with Gasteiger partial charge in [-0.15, -0.1) is 0 Å². The van der Waals surface area contributed by atoms with E-state index >= 15 is 0 Å². The zero-order chi connectivity index (χ0) is 13.4. The molecule has 3 rings (SSSR count). The van der Waals surface area contributed by atoms with Crippen LogP contribution >= 0.6 is 0 Å². The molecule has 1 saturated carbocycles. The minimum atomic E-state index is -0.0616. The number of amides is 1. The molecule has 0 spiro atoms. The molecule has 0 bridgehead atoms. The Morgan fingerprint density at radius 3 is 2.74 bits per heavy atom. The van der Waals surface area contributed by atoms with Crippen molar-refractivity contribution < 1.29 is 4.79 Å². The molecule has 2 unspecified atom stereocenters. The summed E-state index contributed by atoms with van der Waals surface area (Å²) in [5.41, 5.74) is 8.84. The molecule has 1 heterocycles. The molecule has 2 atom stereocenters. The van der Waals surface area contributed by atoms with Gasteiger partial charge >= 0.3 is 0 Å². The van der Waals surface area contributed by atoms with Gasteiger partial charge < -0.3 is 10.6 Å². The van der Waals surface area contributed by atoms with Crippen LogP contribution in [0.3, 0.4) is 0 Å². The SMILES string of the molecule is CCCN1C(=O)CC(N)C1c1cccc(C2CC2)c1. The maximum Gasteiger partial charge on any atom is 0.224 e. The Kier molecular flexibility index (Phi) is 3.31. The number of hydrogen-bond donors (Lipinski definition) is 1. The minimum Gasteiger partial charge on any atom is -0.334 e. The molecule has 1 saturated heterocycles. The Morgan fingerprint density at radius 2 is 2.05 bits per heavy atom. The molecule has 0 radical (unpaired) electrons. The molecule has 0 aromatic heterocycles.